The number of aromatic nitrogens is 2. The van der Waals surface area contributed by atoms with Gasteiger partial charge in [0, 0.05) is 6.54 Å². The number of esters is 1. The van der Waals surface area contributed by atoms with Crippen LogP contribution < -0.4 is 5.32 Å². The summed E-state index contributed by atoms with van der Waals surface area (Å²) in [6.45, 7) is 0.827. The SMILES string of the molecule is O=C(OCc1ccccc1)c1nc2ccccc2nc1NCCc1ccccc1. The Morgan fingerprint density at radius 1 is 0.759 bits per heavy atom. The Hall–Kier alpha value is -3.73. The molecule has 0 saturated carbocycles. The fourth-order valence-electron chi connectivity index (χ4n) is 3.03. The summed E-state index contributed by atoms with van der Waals surface area (Å²) in [6, 6.07) is 27.2. The molecule has 0 aliphatic carbocycles. The molecule has 4 aromatic rings. The fourth-order valence-corrected chi connectivity index (χ4v) is 3.03. The molecule has 0 fully saturated rings. The van der Waals surface area contributed by atoms with E-state index in [0.29, 0.717) is 17.9 Å². The lowest BCUT2D eigenvalue weighted by atomic mass is 10.1. The van der Waals surface area contributed by atoms with Crippen molar-refractivity contribution in [1.82, 2.24) is 9.97 Å². The molecule has 5 nitrogen and oxygen atoms in total. The van der Waals surface area contributed by atoms with Crippen LogP contribution in [-0.2, 0) is 17.8 Å². The summed E-state index contributed by atoms with van der Waals surface area (Å²) in [5.74, 6) is -0.0491. The minimum absolute atomic E-state index is 0.192. The van der Waals surface area contributed by atoms with Crippen LogP contribution in [0, 0.1) is 0 Å². The van der Waals surface area contributed by atoms with Gasteiger partial charge in [0.25, 0.3) is 0 Å². The van der Waals surface area contributed by atoms with Crippen molar-refractivity contribution in [3.8, 4) is 0 Å². The standard InChI is InChI=1S/C24H21N3O2/c28-24(29-17-19-11-5-2-6-12-19)22-23(25-16-15-18-9-3-1-4-10-18)27-21-14-8-7-13-20(21)26-22/h1-14H,15-17H2,(H,25,27). The van der Waals surface area contributed by atoms with E-state index in [1.807, 2.05) is 72.8 Å². The molecule has 5 heteroatoms. The minimum atomic E-state index is -0.491. The number of nitrogens with zero attached hydrogens (tertiary/aromatic N) is 2. The van der Waals surface area contributed by atoms with Gasteiger partial charge in [0.15, 0.2) is 11.5 Å². The van der Waals surface area contributed by atoms with Gasteiger partial charge in [-0.15, -0.1) is 0 Å². The number of rotatable bonds is 7. The summed E-state index contributed by atoms with van der Waals surface area (Å²) in [6.07, 6.45) is 0.813. The van der Waals surface area contributed by atoms with Crippen LogP contribution in [0.4, 0.5) is 5.82 Å². The molecule has 0 atom stereocenters. The Morgan fingerprint density at radius 2 is 1.34 bits per heavy atom. The quantitative estimate of drug-likeness (QED) is 0.471. The lowest BCUT2D eigenvalue weighted by Gasteiger charge is -2.12. The zero-order valence-corrected chi connectivity index (χ0v) is 15.9. The van der Waals surface area contributed by atoms with Gasteiger partial charge < -0.3 is 10.1 Å². The smallest absolute Gasteiger partial charge is 0.361 e. The number of hydrogen-bond donors (Lipinski definition) is 1. The van der Waals surface area contributed by atoms with Crippen LogP contribution in [0.3, 0.4) is 0 Å². The van der Waals surface area contributed by atoms with E-state index >= 15 is 0 Å². The lowest BCUT2D eigenvalue weighted by Crippen LogP contribution is -2.15. The molecule has 0 radical (unpaired) electrons. The number of fused-ring (bicyclic) bond motifs is 1. The average Bonchev–Trinajstić information content (AvgIpc) is 2.78. The third kappa shape index (κ3) is 4.76. The van der Waals surface area contributed by atoms with Crippen molar-refractivity contribution in [2.45, 2.75) is 13.0 Å². The van der Waals surface area contributed by atoms with Crippen molar-refractivity contribution >= 4 is 22.8 Å². The molecule has 0 unspecified atom stereocenters. The Balaban J connectivity index is 1.53. The fraction of sp³-hybridized carbons (Fsp3) is 0.125. The van der Waals surface area contributed by atoms with Crippen LogP contribution in [0.15, 0.2) is 84.9 Å². The summed E-state index contributed by atoms with van der Waals surface area (Å²) in [5, 5.41) is 3.26. The molecule has 144 valence electrons. The van der Waals surface area contributed by atoms with Gasteiger partial charge in [0.05, 0.1) is 11.0 Å². The predicted octanol–water partition coefficient (Wildman–Crippen LogP) is 4.64. The summed E-state index contributed by atoms with van der Waals surface area (Å²) in [5.41, 5.74) is 3.73. The summed E-state index contributed by atoms with van der Waals surface area (Å²) in [7, 11) is 0. The molecule has 4 rings (SSSR count). The largest absolute Gasteiger partial charge is 0.456 e. The highest BCUT2D eigenvalue weighted by molar-refractivity contribution is 5.95. The van der Waals surface area contributed by atoms with E-state index < -0.39 is 5.97 Å². The highest BCUT2D eigenvalue weighted by Crippen LogP contribution is 2.18. The number of hydrogen-bond acceptors (Lipinski definition) is 5. The molecule has 1 aromatic heterocycles. The predicted molar refractivity (Wildman–Crippen MR) is 114 cm³/mol. The number of carbonyl (C=O) groups excluding carboxylic acids is 1. The molecule has 1 N–H and O–H groups in total. The van der Waals surface area contributed by atoms with Crippen molar-refractivity contribution in [2.24, 2.45) is 0 Å². The van der Waals surface area contributed by atoms with E-state index in [4.69, 9.17) is 4.74 Å². The van der Waals surface area contributed by atoms with Gasteiger partial charge in [-0.3, -0.25) is 0 Å². The van der Waals surface area contributed by atoms with E-state index in [-0.39, 0.29) is 12.3 Å². The molecule has 1 heterocycles. The monoisotopic (exact) mass is 383 g/mol. The van der Waals surface area contributed by atoms with Gasteiger partial charge in [-0.05, 0) is 29.7 Å². The normalized spacial score (nSPS) is 10.6. The molecule has 0 amide bonds. The van der Waals surface area contributed by atoms with Crippen molar-refractivity contribution < 1.29 is 9.53 Å². The van der Waals surface area contributed by atoms with Crippen LogP contribution >= 0.6 is 0 Å². The van der Waals surface area contributed by atoms with Crippen LogP contribution in [0.1, 0.15) is 21.6 Å². The molecule has 0 saturated heterocycles. The zero-order valence-electron chi connectivity index (χ0n) is 15.9. The van der Waals surface area contributed by atoms with E-state index in [9.17, 15) is 4.79 Å². The Labute approximate surface area is 169 Å². The van der Waals surface area contributed by atoms with E-state index in [2.05, 4.69) is 27.4 Å². The number of carbonyl (C=O) groups is 1. The third-order valence-electron chi connectivity index (χ3n) is 4.53. The second-order valence-electron chi connectivity index (χ2n) is 6.63. The first kappa shape index (κ1) is 18.6. The van der Waals surface area contributed by atoms with Gasteiger partial charge in [0.2, 0.25) is 0 Å². The number of anilines is 1. The van der Waals surface area contributed by atoms with E-state index in [1.165, 1.54) is 5.56 Å². The van der Waals surface area contributed by atoms with Gasteiger partial charge in [-0.25, -0.2) is 14.8 Å². The van der Waals surface area contributed by atoms with Gasteiger partial charge >= 0.3 is 5.97 Å². The van der Waals surface area contributed by atoms with Crippen LogP contribution in [0.25, 0.3) is 11.0 Å². The molecule has 0 aliphatic rings. The maximum Gasteiger partial charge on any atom is 0.361 e. The van der Waals surface area contributed by atoms with Crippen molar-refractivity contribution in [1.29, 1.82) is 0 Å². The third-order valence-corrected chi connectivity index (χ3v) is 4.53. The summed E-state index contributed by atoms with van der Waals surface area (Å²) < 4.78 is 5.49. The molecular weight excluding hydrogens is 362 g/mol. The number of nitrogens with one attached hydrogen (secondary N) is 1. The molecule has 0 aliphatic heterocycles. The lowest BCUT2D eigenvalue weighted by molar-refractivity contribution is 0.0467. The van der Waals surface area contributed by atoms with Crippen LogP contribution in [0.5, 0.6) is 0 Å². The second-order valence-corrected chi connectivity index (χ2v) is 6.63. The van der Waals surface area contributed by atoms with Crippen LogP contribution in [0.2, 0.25) is 0 Å². The van der Waals surface area contributed by atoms with E-state index in [0.717, 1.165) is 17.5 Å². The second kappa shape index (κ2) is 8.97. The first-order valence-electron chi connectivity index (χ1n) is 9.55. The first-order chi connectivity index (χ1) is 14.3. The molecule has 0 bridgehead atoms. The first-order valence-corrected chi connectivity index (χ1v) is 9.55. The van der Waals surface area contributed by atoms with E-state index in [1.54, 1.807) is 0 Å². The minimum Gasteiger partial charge on any atom is -0.456 e. The Kier molecular flexibility index (Phi) is 5.76. The van der Waals surface area contributed by atoms with Crippen molar-refractivity contribution in [3.63, 3.8) is 0 Å². The van der Waals surface area contributed by atoms with Crippen molar-refractivity contribution in [3.05, 3.63) is 102 Å². The molecular formula is C24H21N3O2. The topological polar surface area (TPSA) is 64.1 Å². The average molecular weight is 383 g/mol. The van der Waals surface area contributed by atoms with Crippen LogP contribution in [-0.4, -0.2) is 22.5 Å². The molecule has 0 spiro atoms. The molecule has 29 heavy (non-hydrogen) atoms. The van der Waals surface area contributed by atoms with Crippen molar-refractivity contribution in [2.75, 3.05) is 11.9 Å². The van der Waals surface area contributed by atoms with Gasteiger partial charge in [0.1, 0.15) is 6.61 Å². The zero-order chi connectivity index (χ0) is 19.9. The summed E-state index contributed by atoms with van der Waals surface area (Å²) >= 11 is 0. The Bertz CT molecular complexity index is 1100. The Morgan fingerprint density at radius 3 is 2.03 bits per heavy atom. The number of benzene rings is 3. The number of para-hydroxylation sites is 2. The summed E-state index contributed by atoms with van der Waals surface area (Å²) in [4.78, 5) is 21.9. The highest BCUT2D eigenvalue weighted by Gasteiger charge is 2.18. The maximum absolute atomic E-state index is 12.8. The van der Waals surface area contributed by atoms with Gasteiger partial charge in [-0.2, -0.15) is 0 Å². The van der Waals surface area contributed by atoms with Gasteiger partial charge in [-0.1, -0.05) is 72.8 Å². The maximum atomic E-state index is 12.8. The molecule has 3 aromatic carbocycles. The number of ether oxygens (including phenoxy) is 1. The highest BCUT2D eigenvalue weighted by atomic mass is 16.5.